The van der Waals surface area contributed by atoms with Gasteiger partial charge in [0.25, 0.3) is 0 Å². The molecule has 1 atom stereocenters. The van der Waals surface area contributed by atoms with Crippen LogP contribution in [-0.2, 0) is 4.74 Å². The number of carbonyl (C=O) groups excluding carboxylic acids is 1. The summed E-state index contributed by atoms with van der Waals surface area (Å²) in [6, 6.07) is 0.0764. The van der Waals surface area contributed by atoms with Crippen molar-refractivity contribution < 1.29 is 28.4 Å². The Balaban J connectivity index is 0.000000490. The molecule has 1 rings (SSSR count). The minimum atomic E-state index is -0.424. The number of nitrogens with zero attached hydrogens (tertiary/aromatic N) is 1. The van der Waals surface area contributed by atoms with Crippen molar-refractivity contribution in [2.24, 2.45) is 0 Å². The van der Waals surface area contributed by atoms with Gasteiger partial charge in [-0.15, -0.1) is 0 Å². The first-order valence-corrected chi connectivity index (χ1v) is 2.16. The van der Waals surface area contributed by atoms with Crippen LogP contribution in [0.15, 0.2) is 0 Å². The Bertz CT molecular complexity index is 96.0. The average molecular weight is 107 g/mol. The molecule has 0 aliphatic carbocycles. The summed E-state index contributed by atoms with van der Waals surface area (Å²) in [7, 11) is 0. The molecule has 1 aliphatic heterocycles. The van der Waals surface area contributed by atoms with E-state index in [0.29, 0.717) is 6.61 Å². The Morgan fingerprint density at radius 3 is 2.62 bits per heavy atom. The number of amides is 1. The summed E-state index contributed by atoms with van der Waals surface area (Å²) in [5.41, 5.74) is 0. The van der Waals surface area contributed by atoms with Crippen molar-refractivity contribution >= 4 is 6.09 Å². The predicted octanol–water partition coefficient (Wildman–Crippen LogP) is -2.10. The summed E-state index contributed by atoms with van der Waals surface area (Å²) in [5.74, 6) is 0. The number of carbonyl (C=O) groups is 1. The molecule has 0 radical (unpaired) electrons. The zero-order valence-electron chi connectivity index (χ0n) is 5.05. The van der Waals surface area contributed by atoms with Gasteiger partial charge >= 0.3 is 18.9 Å². The van der Waals surface area contributed by atoms with E-state index in [0.717, 1.165) is 0 Å². The van der Waals surface area contributed by atoms with Crippen molar-refractivity contribution in [1.29, 1.82) is 0 Å². The zero-order valence-corrected chi connectivity index (χ0v) is 5.05. The van der Waals surface area contributed by atoms with Crippen molar-refractivity contribution in [2.75, 3.05) is 6.61 Å². The van der Waals surface area contributed by atoms with Crippen LogP contribution in [0, 0.1) is 0 Å². The second-order valence-electron chi connectivity index (χ2n) is 1.56. The van der Waals surface area contributed by atoms with Gasteiger partial charge in [0.1, 0.15) is 0 Å². The maximum Gasteiger partial charge on any atom is 1.00 e. The molecular formula is C4H6LiNO2. The van der Waals surface area contributed by atoms with Crippen LogP contribution in [0.3, 0.4) is 0 Å². The molecule has 4 heteroatoms. The number of ether oxygens (including phenoxy) is 1. The van der Waals surface area contributed by atoms with Crippen LogP contribution in [-0.4, -0.2) is 18.7 Å². The molecule has 1 unspecified atom stereocenters. The summed E-state index contributed by atoms with van der Waals surface area (Å²) < 4.78 is 4.46. The van der Waals surface area contributed by atoms with Crippen LogP contribution >= 0.6 is 0 Å². The minimum Gasteiger partial charge on any atom is -0.612 e. The maximum atomic E-state index is 10.1. The van der Waals surface area contributed by atoms with Crippen molar-refractivity contribution in [2.45, 2.75) is 13.0 Å². The standard InChI is InChI=1S/C4H7NO2.Li/c1-3-2-7-4(6)5-3;/h3H,2H2,1H3,(H,5,6);/q;+1/p-1. The minimum absolute atomic E-state index is 0. The van der Waals surface area contributed by atoms with Crippen LogP contribution < -0.4 is 18.9 Å². The average Bonchev–Trinajstić information content (AvgIpc) is 1.87. The van der Waals surface area contributed by atoms with Crippen LogP contribution in [0.25, 0.3) is 5.32 Å². The molecule has 0 spiro atoms. The fraction of sp³-hybridized carbons (Fsp3) is 0.750. The number of hydrogen-bond donors (Lipinski definition) is 0. The van der Waals surface area contributed by atoms with Gasteiger partial charge < -0.3 is 10.1 Å². The van der Waals surface area contributed by atoms with Gasteiger partial charge in [0.05, 0.1) is 6.61 Å². The van der Waals surface area contributed by atoms with E-state index in [4.69, 9.17) is 0 Å². The fourth-order valence-electron chi connectivity index (χ4n) is 0.446. The van der Waals surface area contributed by atoms with Gasteiger partial charge in [-0.1, -0.05) is 13.0 Å². The van der Waals surface area contributed by atoms with Gasteiger partial charge in [-0.3, -0.25) is 4.79 Å². The van der Waals surface area contributed by atoms with Gasteiger partial charge in [0.2, 0.25) is 6.09 Å². The molecule has 0 saturated carbocycles. The normalized spacial score (nSPS) is 25.6. The molecule has 1 saturated heterocycles. The molecule has 8 heavy (non-hydrogen) atoms. The number of hydrogen-bond acceptors (Lipinski definition) is 2. The van der Waals surface area contributed by atoms with E-state index in [9.17, 15) is 4.79 Å². The molecule has 3 nitrogen and oxygen atoms in total. The molecule has 0 bridgehead atoms. The van der Waals surface area contributed by atoms with E-state index in [1.165, 1.54) is 0 Å². The third-order valence-corrected chi connectivity index (χ3v) is 0.774. The Labute approximate surface area is 60.0 Å². The fourth-order valence-corrected chi connectivity index (χ4v) is 0.446. The second-order valence-corrected chi connectivity index (χ2v) is 1.56. The van der Waals surface area contributed by atoms with Crippen LogP contribution in [0.2, 0.25) is 0 Å². The third kappa shape index (κ3) is 1.77. The summed E-state index contributed by atoms with van der Waals surface area (Å²) in [6.45, 7) is 2.30. The summed E-state index contributed by atoms with van der Waals surface area (Å²) in [5, 5.41) is 3.53. The molecule has 0 aromatic rings. The molecule has 0 aromatic heterocycles. The first kappa shape index (κ1) is 7.87. The molecule has 0 aromatic carbocycles. The topological polar surface area (TPSA) is 40.4 Å². The molecule has 0 N–H and O–H groups in total. The molecule has 1 heterocycles. The monoisotopic (exact) mass is 107 g/mol. The number of cyclic esters (lactones) is 1. The third-order valence-electron chi connectivity index (χ3n) is 0.774. The number of rotatable bonds is 0. The predicted molar refractivity (Wildman–Crippen MR) is 24.2 cm³/mol. The first-order chi connectivity index (χ1) is 3.29. The maximum absolute atomic E-state index is 10.1. The first-order valence-electron chi connectivity index (χ1n) is 2.16. The molecule has 1 amide bonds. The van der Waals surface area contributed by atoms with Gasteiger partial charge in [0, 0.05) is 0 Å². The second kappa shape index (κ2) is 3.01. The van der Waals surface area contributed by atoms with Crippen molar-refractivity contribution in [3.05, 3.63) is 5.32 Å². The van der Waals surface area contributed by atoms with Gasteiger partial charge in [-0.25, -0.2) is 0 Å². The van der Waals surface area contributed by atoms with Crippen LogP contribution in [0.5, 0.6) is 0 Å². The van der Waals surface area contributed by atoms with E-state index in [1.54, 1.807) is 0 Å². The molecular weight excluding hydrogens is 101 g/mol. The van der Waals surface area contributed by atoms with E-state index < -0.39 is 6.09 Å². The van der Waals surface area contributed by atoms with Crippen molar-refractivity contribution in [3.63, 3.8) is 0 Å². The summed E-state index contributed by atoms with van der Waals surface area (Å²) in [4.78, 5) is 10.1. The SMILES string of the molecule is CC1COC(=O)[N-]1.[Li+]. The Hall–Kier alpha value is -0.133. The van der Waals surface area contributed by atoms with E-state index in [-0.39, 0.29) is 24.9 Å². The van der Waals surface area contributed by atoms with Gasteiger partial charge in [-0.2, -0.15) is 0 Å². The Morgan fingerprint density at radius 1 is 1.88 bits per heavy atom. The summed E-state index contributed by atoms with van der Waals surface area (Å²) >= 11 is 0. The van der Waals surface area contributed by atoms with Crippen molar-refractivity contribution in [3.8, 4) is 0 Å². The van der Waals surface area contributed by atoms with E-state index in [2.05, 4.69) is 10.1 Å². The van der Waals surface area contributed by atoms with Crippen LogP contribution in [0.1, 0.15) is 6.92 Å². The van der Waals surface area contributed by atoms with Crippen molar-refractivity contribution in [1.82, 2.24) is 0 Å². The van der Waals surface area contributed by atoms with Gasteiger partial charge in [-0.05, 0) is 0 Å². The quantitative estimate of drug-likeness (QED) is 0.333. The van der Waals surface area contributed by atoms with Crippen LogP contribution in [0.4, 0.5) is 4.79 Å². The smallest absolute Gasteiger partial charge is 0.612 e. The van der Waals surface area contributed by atoms with E-state index >= 15 is 0 Å². The Kier molecular flexibility index (Phi) is 2.96. The molecule has 1 fully saturated rings. The molecule has 1 aliphatic rings. The molecule has 40 valence electrons. The van der Waals surface area contributed by atoms with Gasteiger partial charge in [0.15, 0.2) is 0 Å². The largest absolute Gasteiger partial charge is 1.00 e. The van der Waals surface area contributed by atoms with E-state index in [1.807, 2.05) is 6.92 Å². The Morgan fingerprint density at radius 2 is 2.50 bits per heavy atom. The summed E-state index contributed by atoms with van der Waals surface area (Å²) in [6.07, 6.45) is -0.424. The zero-order chi connectivity index (χ0) is 5.28.